The summed E-state index contributed by atoms with van der Waals surface area (Å²) >= 11 is 7.39. The molecule has 0 saturated carbocycles. The number of nitrogens with zero attached hydrogens (tertiary/aromatic N) is 2. The van der Waals surface area contributed by atoms with Gasteiger partial charge in [0, 0.05) is 28.7 Å². The minimum atomic E-state index is -0.204. The number of rotatable bonds is 4. The zero-order valence-electron chi connectivity index (χ0n) is 12.4. The number of anilines is 1. The highest BCUT2D eigenvalue weighted by atomic mass is 35.5. The molecule has 0 radical (unpaired) electrons. The number of thiazole rings is 1. The molecule has 0 aliphatic carbocycles. The first kappa shape index (κ1) is 15.6. The van der Waals surface area contributed by atoms with Crippen LogP contribution in [0.5, 0.6) is 0 Å². The van der Waals surface area contributed by atoms with Crippen molar-refractivity contribution in [3.05, 3.63) is 75.5 Å². The quantitative estimate of drug-likeness (QED) is 0.766. The third-order valence-corrected chi connectivity index (χ3v) is 4.64. The van der Waals surface area contributed by atoms with E-state index in [0.29, 0.717) is 10.7 Å². The molecule has 23 heavy (non-hydrogen) atoms. The first-order valence-corrected chi connectivity index (χ1v) is 8.23. The number of aryl methyl sites for hydroxylation is 1. The van der Waals surface area contributed by atoms with E-state index in [9.17, 15) is 4.79 Å². The lowest BCUT2D eigenvalue weighted by Crippen LogP contribution is -2.11. The van der Waals surface area contributed by atoms with Crippen molar-refractivity contribution in [1.29, 1.82) is 0 Å². The number of carbonyl (C=O) groups is 1. The molecule has 3 aromatic rings. The average molecular weight is 344 g/mol. The van der Waals surface area contributed by atoms with Crippen LogP contribution in [0.25, 0.3) is 0 Å². The standard InChI is InChI=1S/C17H14ClN3OS/c1-11-15(9-12-4-6-14(18)7-5-12)23-17(20-11)21-16(22)13-3-2-8-19-10-13/h2-8,10H,9H2,1H3,(H,20,21,22). The lowest BCUT2D eigenvalue weighted by Gasteiger charge is -2.00. The fourth-order valence-electron chi connectivity index (χ4n) is 2.10. The van der Waals surface area contributed by atoms with E-state index >= 15 is 0 Å². The maximum absolute atomic E-state index is 12.1. The Morgan fingerprint density at radius 3 is 2.74 bits per heavy atom. The van der Waals surface area contributed by atoms with Crippen LogP contribution >= 0.6 is 22.9 Å². The number of nitrogens with one attached hydrogen (secondary N) is 1. The molecular formula is C17H14ClN3OS. The normalized spacial score (nSPS) is 10.5. The summed E-state index contributed by atoms with van der Waals surface area (Å²) in [6.07, 6.45) is 3.93. The second-order valence-electron chi connectivity index (χ2n) is 5.03. The first-order valence-electron chi connectivity index (χ1n) is 7.04. The van der Waals surface area contributed by atoms with Gasteiger partial charge in [-0.15, -0.1) is 11.3 Å². The van der Waals surface area contributed by atoms with Gasteiger partial charge in [-0.2, -0.15) is 0 Å². The molecule has 3 rings (SSSR count). The van der Waals surface area contributed by atoms with E-state index in [1.807, 2.05) is 31.2 Å². The highest BCUT2D eigenvalue weighted by Crippen LogP contribution is 2.26. The molecule has 0 aliphatic heterocycles. The van der Waals surface area contributed by atoms with Crippen molar-refractivity contribution in [2.45, 2.75) is 13.3 Å². The summed E-state index contributed by atoms with van der Waals surface area (Å²) in [7, 11) is 0. The van der Waals surface area contributed by atoms with Gasteiger partial charge in [0.1, 0.15) is 0 Å². The number of amides is 1. The number of aromatic nitrogens is 2. The third-order valence-electron chi connectivity index (χ3n) is 3.31. The van der Waals surface area contributed by atoms with Crippen LogP contribution in [0, 0.1) is 6.92 Å². The Kier molecular flexibility index (Phi) is 4.69. The molecule has 0 aliphatic rings. The number of halogens is 1. The van der Waals surface area contributed by atoms with Gasteiger partial charge in [0.2, 0.25) is 0 Å². The van der Waals surface area contributed by atoms with Crippen molar-refractivity contribution >= 4 is 34.0 Å². The molecule has 0 fully saturated rings. The van der Waals surface area contributed by atoms with Gasteiger partial charge in [-0.05, 0) is 36.8 Å². The summed E-state index contributed by atoms with van der Waals surface area (Å²) in [5.41, 5.74) is 2.59. The maximum Gasteiger partial charge on any atom is 0.259 e. The van der Waals surface area contributed by atoms with Gasteiger partial charge in [0.05, 0.1) is 11.3 Å². The second-order valence-corrected chi connectivity index (χ2v) is 6.55. The van der Waals surface area contributed by atoms with Gasteiger partial charge in [0.25, 0.3) is 5.91 Å². The van der Waals surface area contributed by atoms with E-state index in [1.54, 1.807) is 18.3 Å². The topological polar surface area (TPSA) is 54.9 Å². The molecule has 2 aromatic heterocycles. The van der Waals surface area contributed by atoms with Crippen molar-refractivity contribution < 1.29 is 4.79 Å². The Balaban J connectivity index is 1.73. The van der Waals surface area contributed by atoms with Gasteiger partial charge in [-0.3, -0.25) is 15.1 Å². The van der Waals surface area contributed by atoms with Gasteiger partial charge in [-0.1, -0.05) is 23.7 Å². The zero-order chi connectivity index (χ0) is 16.2. The zero-order valence-corrected chi connectivity index (χ0v) is 14.0. The summed E-state index contributed by atoms with van der Waals surface area (Å²) in [5, 5.41) is 4.14. The maximum atomic E-state index is 12.1. The van der Waals surface area contributed by atoms with Crippen LogP contribution in [-0.2, 0) is 6.42 Å². The number of hydrogen-bond acceptors (Lipinski definition) is 4. The summed E-state index contributed by atoms with van der Waals surface area (Å²) in [6.45, 7) is 1.95. The van der Waals surface area contributed by atoms with Crippen LogP contribution in [0.1, 0.15) is 26.5 Å². The third kappa shape index (κ3) is 3.94. The van der Waals surface area contributed by atoms with E-state index in [4.69, 9.17) is 11.6 Å². The van der Waals surface area contributed by atoms with E-state index < -0.39 is 0 Å². The number of pyridine rings is 1. The molecule has 1 aromatic carbocycles. The molecular weight excluding hydrogens is 330 g/mol. The fourth-order valence-corrected chi connectivity index (χ4v) is 3.22. The summed E-state index contributed by atoms with van der Waals surface area (Å²) in [6, 6.07) is 11.2. The molecule has 4 nitrogen and oxygen atoms in total. The number of hydrogen-bond donors (Lipinski definition) is 1. The van der Waals surface area contributed by atoms with Crippen molar-refractivity contribution in [3.8, 4) is 0 Å². The van der Waals surface area contributed by atoms with Gasteiger partial charge in [-0.25, -0.2) is 4.98 Å². The molecule has 1 amide bonds. The van der Waals surface area contributed by atoms with Crippen LogP contribution < -0.4 is 5.32 Å². The summed E-state index contributed by atoms with van der Waals surface area (Å²) < 4.78 is 0. The van der Waals surface area contributed by atoms with Gasteiger partial charge < -0.3 is 0 Å². The minimum Gasteiger partial charge on any atom is -0.298 e. The molecule has 0 atom stereocenters. The lowest BCUT2D eigenvalue weighted by molar-refractivity contribution is 0.102. The summed E-state index contributed by atoms with van der Waals surface area (Å²) in [4.78, 5) is 21.6. The Morgan fingerprint density at radius 2 is 2.04 bits per heavy atom. The molecule has 1 N–H and O–H groups in total. The molecule has 116 valence electrons. The first-order chi connectivity index (χ1) is 11.1. The van der Waals surface area contributed by atoms with E-state index in [1.165, 1.54) is 17.5 Å². The smallest absolute Gasteiger partial charge is 0.259 e. The van der Waals surface area contributed by atoms with Gasteiger partial charge >= 0.3 is 0 Å². The lowest BCUT2D eigenvalue weighted by atomic mass is 10.1. The Bertz CT molecular complexity index is 816. The Hall–Kier alpha value is -2.24. The van der Waals surface area contributed by atoms with Crippen molar-refractivity contribution in [2.75, 3.05) is 5.32 Å². The molecule has 0 bridgehead atoms. The molecule has 6 heteroatoms. The molecule has 0 saturated heterocycles. The van der Waals surface area contributed by atoms with Crippen LogP contribution in [0.15, 0.2) is 48.8 Å². The second kappa shape index (κ2) is 6.89. The van der Waals surface area contributed by atoms with Crippen LogP contribution in [0.3, 0.4) is 0 Å². The van der Waals surface area contributed by atoms with Crippen molar-refractivity contribution in [2.24, 2.45) is 0 Å². The Labute approximate surface area is 143 Å². The van der Waals surface area contributed by atoms with Gasteiger partial charge in [0.15, 0.2) is 5.13 Å². The highest BCUT2D eigenvalue weighted by Gasteiger charge is 2.12. The highest BCUT2D eigenvalue weighted by molar-refractivity contribution is 7.15. The predicted molar refractivity (Wildman–Crippen MR) is 93.3 cm³/mol. The Morgan fingerprint density at radius 1 is 1.26 bits per heavy atom. The summed E-state index contributed by atoms with van der Waals surface area (Å²) in [5.74, 6) is -0.204. The number of benzene rings is 1. The predicted octanol–water partition coefficient (Wildman–Crippen LogP) is 4.34. The molecule has 2 heterocycles. The molecule has 0 unspecified atom stereocenters. The van der Waals surface area contributed by atoms with Crippen LogP contribution in [-0.4, -0.2) is 15.9 Å². The molecule has 0 spiro atoms. The van der Waals surface area contributed by atoms with Crippen LogP contribution in [0.2, 0.25) is 5.02 Å². The van der Waals surface area contributed by atoms with Crippen LogP contribution in [0.4, 0.5) is 5.13 Å². The minimum absolute atomic E-state index is 0.204. The van der Waals surface area contributed by atoms with E-state index in [2.05, 4.69) is 15.3 Å². The van der Waals surface area contributed by atoms with Crippen molar-refractivity contribution in [1.82, 2.24) is 9.97 Å². The fraction of sp³-hybridized carbons (Fsp3) is 0.118. The van der Waals surface area contributed by atoms with E-state index in [0.717, 1.165) is 27.6 Å². The average Bonchev–Trinajstić information content (AvgIpc) is 2.90. The van der Waals surface area contributed by atoms with E-state index in [-0.39, 0.29) is 5.91 Å². The number of carbonyl (C=O) groups excluding carboxylic acids is 1. The van der Waals surface area contributed by atoms with Crippen molar-refractivity contribution in [3.63, 3.8) is 0 Å². The largest absolute Gasteiger partial charge is 0.298 e. The monoisotopic (exact) mass is 343 g/mol. The SMILES string of the molecule is Cc1nc(NC(=O)c2cccnc2)sc1Cc1ccc(Cl)cc1.